The van der Waals surface area contributed by atoms with E-state index >= 15 is 0 Å². The number of H-pyrrole nitrogens is 1. The summed E-state index contributed by atoms with van der Waals surface area (Å²) in [5, 5.41) is 0. The number of aromatic nitrogens is 2. The Morgan fingerprint density at radius 2 is 1.83 bits per heavy atom. The molecular weight excluding hydrogens is 470 g/mol. The van der Waals surface area contributed by atoms with Crippen LogP contribution in [-0.2, 0) is 17.4 Å². The quantitative estimate of drug-likeness (QED) is 0.455. The minimum atomic E-state index is -1.46. The number of hydrogen-bond donors (Lipinski definition) is 2. The molecule has 0 radical (unpaired) electrons. The normalized spacial score (nSPS) is 14.1. The summed E-state index contributed by atoms with van der Waals surface area (Å²) in [7, 11) is -1.46. The van der Waals surface area contributed by atoms with Crippen molar-refractivity contribution in [2.24, 2.45) is 0 Å². The Morgan fingerprint density at radius 3 is 2.61 bits per heavy atom. The molecule has 2 aromatic carbocycles. The highest BCUT2D eigenvalue weighted by molar-refractivity contribution is 7.86. The highest BCUT2D eigenvalue weighted by Gasteiger charge is 2.22. The molecule has 188 valence electrons. The van der Waals surface area contributed by atoms with Gasteiger partial charge in [-0.3, -0.25) is 4.79 Å². The van der Waals surface area contributed by atoms with Crippen LogP contribution in [0.1, 0.15) is 35.7 Å². The van der Waals surface area contributed by atoms with Crippen LogP contribution in [-0.4, -0.2) is 51.2 Å². The van der Waals surface area contributed by atoms with Crippen LogP contribution in [0.25, 0.3) is 0 Å². The molecule has 1 amide bonds. The molecule has 1 aliphatic heterocycles. The van der Waals surface area contributed by atoms with E-state index in [0.29, 0.717) is 23.5 Å². The number of aromatic amines is 1. The van der Waals surface area contributed by atoms with Gasteiger partial charge in [0, 0.05) is 55.5 Å². The number of unbranched alkanes of at least 4 members (excludes halogenated alkanes) is 1. The van der Waals surface area contributed by atoms with Gasteiger partial charge in [-0.25, -0.2) is 9.19 Å². The first-order valence-electron chi connectivity index (χ1n) is 12.4. The molecule has 3 aromatic rings. The fourth-order valence-corrected chi connectivity index (χ4v) is 5.01. The van der Waals surface area contributed by atoms with Crippen LogP contribution in [0.2, 0.25) is 0 Å². The molecule has 1 saturated heterocycles. The van der Waals surface area contributed by atoms with E-state index in [9.17, 15) is 9.00 Å². The summed E-state index contributed by atoms with van der Waals surface area (Å²) in [5.74, 6) is -0.0391. The molecule has 1 atom stereocenters. The standard InChI is InChI=1S/C28H33N5O2S/c1-2-3-6-23-10-12-25(13-11-23)31-36(35)27-9-4-7-24(21-27)28(34)33-19-17-32(18-20-33)26-8-5-15-29-22-30-16-14-26/h4-5,7-16,21-22,31H,2-3,6,17-20H2,1H3,(H,29,30). The predicted molar refractivity (Wildman–Crippen MR) is 146 cm³/mol. The third-order valence-electron chi connectivity index (χ3n) is 6.15. The van der Waals surface area contributed by atoms with Crippen molar-refractivity contribution in [1.82, 2.24) is 14.9 Å². The predicted octanol–water partition coefficient (Wildman–Crippen LogP) is 4.97. The summed E-state index contributed by atoms with van der Waals surface area (Å²) in [5.41, 5.74) is 3.70. The summed E-state index contributed by atoms with van der Waals surface area (Å²) in [6.45, 7) is 4.89. The molecule has 2 N–H and O–H groups in total. The van der Waals surface area contributed by atoms with E-state index in [1.165, 1.54) is 5.56 Å². The average Bonchev–Trinajstić information content (AvgIpc) is 3.07. The van der Waals surface area contributed by atoms with Crippen LogP contribution in [0.4, 0.5) is 11.4 Å². The second kappa shape index (κ2) is 12.9. The highest BCUT2D eigenvalue weighted by Crippen LogP contribution is 2.19. The smallest absolute Gasteiger partial charge is 0.254 e. The van der Waals surface area contributed by atoms with Crippen molar-refractivity contribution in [3.8, 4) is 0 Å². The van der Waals surface area contributed by atoms with Crippen LogP contribution in [0.3, 0.4) is 0 Å². The number of nitrogens with one attached hydrogen (secondary N) is 2. The zero-order valence-electron chi connectivity index (χ0n) is 20.6. The maximum atomic E-state index is 13.2. The summed E-state index contributed by atoms with van der Waals surface area (Å²) < 4.78 is 16.0. The fraction of sp³-hybridized carbons (Fsp3) is 0.286. The number of aryl methyl sites for hydroxylation is 1. The molecule has 1 fully saturated rings. The minimum Gasteiger partial charge on any atom is -0.368 e. The topological polar surface area (TPSA) is 81.3 Å². The SMILES string of the molecule is CCCCc1ccc(NS(=O)c2cccc(C(=O)N3CCN(c4cccnc[nH]cc4)CC3)c2)cc1. The van der Waals surface area contributed by atoms with Crippen LogP contribution in [0.15, 0.2) is 90.3 Å². The van der Waals surface area contributed by atoms with Crippen molar-refractivity contribution >= 4 is 28.3 Å². The van der Waals surface area contributed by atoms with Crippen LogP contribution < -0.4 is 9.62 Å². The first-order valence-corrected chi connectivity index (χ1v) is 13.5. The molecule has 1 aromatic heterocycles. The van der Waals surface area contributed by atoms with Gasteiger partial charge in [-0.2, -0.15) is 0 Å². The largest absolute Gasteiger partial charge is 0.368 e. The van der Waals surface area contributed by atoms with Gasteiger partial charge < -0.3 is 19.5 Å². The van der Waals surface area contributed by atoms with Gasteiger partial charge in [-0.05, 0) is 66.9 Å². The van der Waals surface area contributed by atoms with Gasteiger partial charge in [0.2, 0.25) is 0 Å². The van der Waals surface area contributed by atoms with Gasteiger partial charge in [-0.15, -0.1) is 0 Å². The van der Waals surface area contributed by atoms with Gasteiger partial charge in [0.1, 0.15) is 11.0 Å². The van der Waals surface area contributed by atoms with Crippen molar-refractivity contribution in [2.45, 2.75) is 31.1 Å². The number of amides is 1. The number of benzene rings is 2. The number of piperazine rings is 1. The lowest BCUT2D eigenvalue weighted by Gasteiger charge is -2.36. The maximum Gasteiger partial charge on any atom is 0.254 e. The summed E-state index contributed by atoms with van der Waals surface area (Å²) in [4.78, 5) is 25.0. The zero-order chi connectivity index (χ0) is 25.2. The van der Waals surface area contributed by atoms with Crippen molar-refractivity contribution in [3.63, 3.8) is 0 Å². The molecular formula is C28H33N5O2S. The number of carbonyl (C=O) groups excluding carboxylic acids is 1. The molecule has 1 unspecified atom stereocenters. The molecule has 1 aliphatic rings. The van der Waals surface area contributed by atoms with Gasteiger partial charge in [0.05, 0.1) is 11.2 Å². The maximum absolute atomic E-state index is 13.2. The number of hydrogen-bond acceptors (Lipinski definition) is 4. The number of carbonyl (C=O) groups is 1. The van der Waals surface area contributed by atoms with E-state index in [0.717, 1.165) is 43.7 Å². The third-order valence-corrected chi connectivity index (χ3v) is 7.25. The van der Waals surface area contributed by atoms with Crippen LogP contribution in [0.5, 0.6) is 0 Å². The molecule has 0 saturated carbocycles. The van der Waals surface area contributed by atoms with Crippen molar-refractivity contribution in [2.75, 3.05) is 35.8 Å². The summed E-state index contributed by atoms with van der Waals surface area (Å²) in [6.07, 6.45) is 8.58. The molecule has 8 heteroatoms. The Labute approximate surface area is 215 Å². The molecule has 0 bridgehead atoms. The van der Waals surface area contributed by atoms with Crippen molar-refractivity contribution in [1.29, 1.82) is 0 Å². The lowest BCUT2D eigenvalue weighted by atomic mass is 10.1. The first-order chi connectivity index (χ1) is 17.6. The lowest BCUT2D eigenvalue weighted by Crippen LogP contribution is -2.48. The van der Waals surface area contributed by atoms with E-state index < -0.39 is 11.0 Å². The van der Waals surface area contributed by atoms with Gasteiger partial charge >= 0.3 is 0 Å². The Balaban J connectivity index is 1.37. The van der Waals surface area contributed by atoms with Crippen molar-refractivity contribution in [3.05, 3.63) is 96.6 Å². The minimum absolute atomic E-state index is 0.0391. The number of nitrogens with zero attached hydrogens (tertiary/aromatic N) is 3. The molecule has 0 aliphatic carbocycles. The Kier molecular flexibility index (Phi) is 9.10. The molecule has 7 nitrogen and oxygen atoms in total. The van der Waals surface area contributed by atoms with E-state index in [1.54, 1.807) is 36.8 Å². The van der Waals surface area contributed by atoms with Gasteiger partial charge in [-0.1, -0.05) is 31.5 Å². The summed E-state index contributed by atoms with van der Waals surface area (Å²) in [6, 6.07) is 21.1. The van der Waals surface area contributed by atoms with Crippen molar-refractivity contribution < 1.29 is 9.00 Å². The number of rotatable bonds is 8. The fourth-order valence-electron chi connectivity index (χ4n) is 4.10. The Morgan fingerprint density at radius 1 is 1.03 bits per heavy atom. The second-order valence-electron chi connectivity index (χ2n) is 8.69. The number of anilines is 2. The molecule has 2 heterocycles. The zero-order valence-corrected chi connectivity index (χ0v) is 21.4. The second-order valence-corrected chi connectivity index (χ2v) is 9.90. The molecule has 0 spiro atoms. The third kappa shape index (κ3) is 6.95. The average molecular weight is 504 g/mol. The lowest BCUT2D eigenvalue weighted by molar-refractivity contribution is 0.0746. The first kappa shape index (κ1) is 25.4. The van der Waals surface area contributed by atoms with Crippen LogP contribution in [0, 0.1) is 0 Å². The van der Waals surface area contributed by atoms with E-state index in [4.69, 9.17) is 0 Å². The Bertz CT molecular complexity index is 1190. The van der Waals surface area contributed by atoms with Crippen LogP contribution >= 0.6 is 0 Å². The van der Waals surface area contributed by atoms with Gasteiger partial charge in [0.25, 0.3) is 5.91 Å². The molecule has 4 rings (SSSR count). The summed E-state index contributed by atoms with van der Waals surface area (Å²) >= 11 is 0. The van der Waals surface area contributed by atoms with E-state index in [-0.39, 0.29) is 5.91 Å². The monoisotopic (exact) mass is 503 g/mol. The highest BCUT2D eigenvalue weighted by atomic mass is 32.2. The van der Waals surface area contributed by atoms with Gasteiger partial charge in [0.15, 0.2) is 0 Å². The van der Waals surface area contributed by atoms with E-state index in [2.05, 4.69) is 38.6 Å². The molecule has 36 heavy (non-hydrogen) atoms. The Hall–Kier alpha value is -3.65. The van der Waals surface area contributed by atoms with E-state index in [1.807, 2.05) is 41.4 Å².